The summed E-state index contributed by atoms with van der Waals surface area (Å²) in [6, 6.07) is 11.5. The first-order valence-corrected chi connectivity index (χ1v) is 6.38. The van der Waals surface area contributed by atoms with E-state index in [0.29, 0.717) is 6.04 Å². The van der Waals surface area contributed by atoms with E-state index >= 15 is 0 Å². The molecule has 0 bridgehead atoms. The summed E-state index contributed by atoms with van der Waals surface area (Å²) in [6.45, 7) is 3.14. The van der Waals surface area contributed by atoms with Crippen LogP contribution >= 0.6 is 0 Å². The molecule has 2 rings (SSSR count). The van der Waals surface area contributed by atoms with Crippen molar-refractivity contribution in [2.75, 3.05) is 13.1 Å². The standard InChI is InChI=1S/C14H22N2/c15-10-9-14-8-4-5-11-16(14)12-13-6-2-1-3-7-13/h1-3,6-7,14H,4-5,8-12,15H2/t14-/m0/s1. The van der Waals surface area contributed by atoms with Gasteiger partial charge in [-0.2, -0.15) is 0 Å². The fourth-order valence-electron chi connectivity index (χ4n) is 2.61. The monoisotopic (exact) mass is 218 g/mol. The van der Waals surface area contributed by atoms with E-state index in [1.54, 1.807) is 0 Å². The summed E-state index contributed by atoms with van der Waals surface area (Å²) in [5.74, 6) is 0. The number of likely N-dealkylation sites (tertiary alicyclic amines) is 1. The molecule has 0 amide bonds. The Hall–Kier alpha value is -0.860. The Morgan fingerprint density at radius 2 is 2.00 bits per heavy atom. The number of hydrogen-bond donors (Lipinski definition) is 1. The summed E-state index contributed by atoms with van der Waals surface area (Å²) in [6.07, 6.45) is 5.18. The summed E-state index contributed by atoms with van der Waals surface area (Å²) in [4.78, 5) is 2.60. The van der Waals surface area contributed by atoms with Crippen LogP contribution in [0.15, 0.2) is 30.3 Å². The minimum absolute atomic E-state index is 0.707. The Balaban J connectivity index is 1.96. The van der Waals surface area contributed by atoms with Gasteiger partial charge >= 0.3 is 0 Å². The van der Waals surface area contributed by atoms with Crippen LogP contribution in [0.3, 0.4) is 0 Å². The van der Waals surface area contributed by atoms with Gasteiger partial charge in [-0.05, 0) is 37.9 Å². The summed E-state index contributed by atoms with van der Waals surface area (Å²) in [5, 5.41) is 0. The molecule has 0 saturated carbocycles. The first kappa shape index (κ1) is 11.6. The molecule has 1 aliphatic heterocycles. The molecule has 1 aliphatic rings. The highest BCUT2D eigenvalue weighted by molar-refractivity contribution is 5.14. The number of benzene rings is 1. The molecule has 2 heteroatoms. The van der Waals surface area contributed by atoms with E-state index < -0.39 is 0 Å². The maximum atomic E-state index is 5.69. The first-order chi connectivity index (χ1) is 7.90. The Labute approximate surface area is 98.4 Å². The van der Waals surface area contributed by atoms with Gasteiger partial charge in [-0.1, -0.05) is 36.8 Å². The molecule has 0 spiro atoms. The first-order valence-electron chi connectivity index (χ1n) is 6.38. The summed E-state index contributed by atoms with van der Waals surface area (Å²) in [5.41, 5.74) is 7.11. The van der Waals surface area contributed by atoms with Crippen LogP contribution in [0.1, 0.15) is 31.2 Å². The third kappa shape index (κ3) is 3.06. The number of hydrogen-bond acceptors (Lipinski definition) is 2. The second-order valence-electron chi connectivity index (χ2n) is 4.68. The van der Waals surface area contributed by atoms with E-state index in [1.165, 1.54) is 31.4 Å². The summed E-state index contributed by atoms with van der Waals surface area (Å²) in [7, 11) is 0. The molecule has 1 fully saturated rings. The van der Waals surface area contributed by atoms with E-state index in [4.69, 9.17) is 5.73 Å². The smallest absolute Gasteiger partial charge is 0.0236 e. The van der Waals surface area contributed by atoms with Crippen LogP contribution in [0, 0.1) is 0 Å². The maximum Gasteiger partial charge on any atom is 0.0236 e. The van der Waals surface area contributed by atoms with Gasteiger partial charge in [0.15, 0.2) is 0 Å². The zero-order valence-electron chi connectivity index (χ0n) is 9.94. The minimum Gasteiger partial charge on any atom is -0.330 e. The molecular weight excluding hydrogens is 196 g/mol. The van der Waals surface area contributed by atoms with Crippen LogP contribution in [0.5, 0.6) is 0 Å². The van der Waals surface area contributed by atoms with Crippen LogP contribution in [-0.2, 0) is 6.54 Å². The van der Waals surface area contributed by atoms with Crippen molar-refractivity contribution in [2.24, 2.45) is 5.73 Å². The summed E-state index contributed by atoms with van der Waals surface area (Å²) < 4.78 is 0. The highest BCUT2D eigenvalue weighted by Crippen LogP contribution is 2.21. The Morgan fingerprint density at radius 1 is 1.19 bits per heavy atom. The minimum atomic E-state index is 0.707. The summed E-state index contributed by atoms with van der Waals surface area (Å²) >= 11 is 0. The zero-order chi connectivity index (χ0) is 11.2. The number of nitrogens with zero attached hydrogens (tertiary/aromatic N) is 1. The third-order valence-electron chi connectivity index (χ3n) is 3.48. The molecule has 1 saturated heterocycles. The predicted octanol–water partition coefficient (Wildman–Crippen LogP) is 2.39. The van der Waals surface area contributed by atoms with Crippen molar-refractivity contribution in [2.45, 2.75) is 38.3 Å². The molecule has 0 radical (unpaired) electrons. The van der Waals surface area contributed by atoms with Gasteiger partial charge in [0.25, 0.3) is 0 Å². The van der Waals surface area contributed by atoms with Crippen molar-refractivity contribution in [1.82, 2.24) is 4.90 Å². The van der Waals surface area contributed by atoms with Crippen molar-refractivity contribution in [3.8, 4) is 0 Å². The van der Waals surface area contributed by atoms with Crippen molar-refractivity contribution in [1.29, 1.82) is 0 Å². The lowest BCUT2D eigenvalue weighted by Crippen LogP contribution is -2.40. The molecule has 88 valence electrons. The number of rotatable bonds is 4. The average molecular weight is 218 g/mol. The average Bonchev–Trinajstić information content (AvgIpc) is 2.33. The van der Waals surface area contributed by atoms with E-state index in [9.17, 15) is 0 Å². The van der Waals surface area contributed by atoms with E-state index in [0.717, 1.165) is 19.5 Å². The van der Waals surface area contributed by atoms with Crippen molar-refractivity contribution >= 4 is 0 Å². The molecule has 1 aromatic carbocycles. The molecule has 0 aromatic heterocycles. The fraction of sp³-hybridized carbons (Fsp3) is 0.571. The van der Waals surface area contributed by atoms with E-state index in [-0.39, 0.29) is 0 Å². The van der Waals surface area contributed by atoms with Crippen LogP contribution < -0.4 is 5.73 Å². The molecule has 2 N–H and O–H groups in total. The molecule has 0 unspecified atom stereocenters. The van der Waals surface area contributed by atoms with Gasteiger partial charge in [-0.15, -0.1) is 0 Å². The van der Waals surface area contributed by atoms with Crippen LogP contribution in [-0.4, -0.2) is 24.0 Å². The normalized spacial score (nSPS) is 22.2. The van der Waals surface area contributed by atoms with Crippen molar-refractivity contribution < 1.29 is 0 Å². The Bertz CT molecular complexity index is 295. The second kappa shape index (κ2) is 6.02. The zero-order valence-corrected chi connectivity index (χ0v) is 9.94. The topological polar surface area (TPSA) is 29.3 Å². The van der Waals surface area contributed by atoms with E-state index in [1.807, 2.05) is 0 Å². The van der Waals surface area contributed by atoms with Crippen LogP contribution in [0.25, 0.3) is 0 Å². The van der Waals surface area contributed by atoms with Crippen LogP contribution in [0.2, 0.25) is 0 Å². The molecule has 1 atom stereocenters. The van der Waals surface area contributed by atoms with Crippen molar-refractivity contribution in [3.63, 3.8) is 0 Å². The highest BCUT2D eigenvalue weighted by atomic mass is 15.2. The Morgan fingerprint density at radius 3 is 2.75 bits per heavy atom. The molecule has 2 nitrogen and oxygen atoms in total. The molecule has 1 aromatic rings. The molecule has 16 heavy (non-hydrogen) atoms. The highest BCUT2D eigenvalue weighted by Gasteiger charge is 2.21. The van der Waals surface area contributed by atoms with Gasteiger partial charge in [0.2, 0.25) is 0 Å². The van der Waals surface area contributed by atoms with Crippen molar-refractivity contribution in [3.05, 3.63) is 35.9 Å². The van der Waals surface area contributed by atoms with Gasteiger partial charge in [-0.3, -0.25) is 4.90 Å². The maximum absolute atomic E-state index is 5.69. The van der Waals surface area contributed by atoms with Gasteiger partial charge in [0.1, 0.15) is 0 Å². The van der Waals surface area contributed by atoms with Gasteiger partial charge < -0.3 is 5.73 Å². The largest absolute Gasteiger partial charge is 0.330 e. The lowest BCUT2D eigenvalue weighted by molar-refractivity contribution is 0.134. The predicted molar refractivity (Wildman–Crippen MR) is 68.2 cm³/mol. The number of piperidine rings is 1. The van der Waals surface area contributed by atoms with E-state index in [2.05, 4.69) is 35.2 Å². The van der Waals surface area contributed by atoms with Gasteiger partial charge in [0, 0.05) is 12.6 Å². The van der Waals surface area contributed by atoms with Gasteiger partial charge in [-0.25, -0.2) is 0 Å². The lowest BCUT2D eigenvalue weighted by atomic mass is 9.98. The second-order valence-corrected chi connectivity index (χ2v) is 4.68. The van der Waals surface area contributed by atoms with Crippen LogP contribution in [0.4, 0.5) is 0 Å². The van der Waals surface area contributed by atoms with Gasteiger partial charge in [0.05, 0.1) is 0 Å². The number of nitrogens with two attached hydrogens (primary N) is 1. The lowest BCUT2D eigenvalue weighted by Gasteiger charge is -2.35. The molecule has 0 aliphatic carbocycles. The SMILES string of the molecule is NCC[C@@H]1CCCCN1Cc1ccccc1. The quantitative estimate of drug-likeness (QED) is 0.841. The Kier molecular flexibility index (Phi) is 4.37. The fourth-order valence-corrected chi connectivity index (χ4v) is 2.61. The molecule has 1 heterocycles. The molecular formula is C14H22N2. The third-order valence-corrected chi connectivity index (χ3v) is 3.48.